The molecule has 1 aromatic heterocycles. The summed E-state index contributed by atoms with van der Waals surface area (Å²) in [4.78, 5) is 11.0. The molecule has 126 valence electrons. The van der Waals surface area contributed by atoms with Crippen LogP contribution in [0.25, 0.3) is 11.3 Å². The van der Waals surface area contributed by atoms with Crippen molar-refractivity contribution in [2.75, 3.05) is 19.6 Å². The van der Waals surface area contributed by atoms with Crippen molar-refractivity contribution in [2.24, 2.45) is 10.7 Å². The fourth-order valence-corrected chi connectivity index (χ4v) is 2.91. The lowest BCUT2D eigenvalue weighted by atomic mass is 10.1. The van der Waals surface area contributed by atoms with Gasteiger partial charge in [-0.15, -0.1) is 35.3 Å². The summed E-state index contributed by atoms with van der Waals surface area (Å²) in [6.45, 7) is 8.72. The van der Waals surface area contributed by atoms with Crippen LogP contribution in [0.15, 0.2) is 34.6 Å². The van der Waals surface area contributed by atoms with E-state index in [0.29, 0.717) is 5.96 Å². The van der Waals surface area contributed by atoms with Crippen molar-refractivity contribution in [2.45, 2.75) is 27.2 Å². The van der Waals surface area contributed by atoms with Gasteiger partial charge in [0.1, 0.15) is 0 Å². The summed E-state index contributed by atoms with van der Waals surface area (Å²) < 4.78 is 0. The first-order valence-electron chi connectivity index (χ1n) is 7.70. The van der Waals surface area contributed by atoms with E-state index in [0.717, 1.165) is 36.8 Å². The first-order valence-corrected chi connectivity index (χ1v) is 8.58. The minimum Gasteiger partial charge on any atom is -0.370 e. The minimum atomic E-state index is 0. The van der Waals surface area contributed by atoms with Crippen LogP contribution in [0.3, 0.4) is 0 Å². The molecule has 0 unspecified atom stereocenters. The van der Waals surface area contributed by atoms with E-state index in [1.165, 1.54) is 11.1 Å². The zero-order valence-electron chi connectivity index (χ0n) is 14.0. The first kappa shape index (κ1) is 19.9. The molecule has 2 N–H and O–H groups in total. The topological polar surface area (TPSA) is 54.5 Å². The Hall–Kier alpha value is -1.15. The number of aliphatic imine (C=N–C) groups is 1. The second-order valence-corrected chi connectivity index (χ2v) is 6.17. The van der Waals surface area contributed by atoms with Crippen molar-refractivity contribution in [1.82, 2.24) is 9.88 Å². The Morgan fingerprint density at radius 1 is 1.22 bits per heavy atom. The Balaban J connectivity index is 0.00000264. The van der Waals surface area contributed by atoms with E-state index >= 15 is 0 Å². The molecular formula is C17H25IN4S. The molecule has 0 amide bonds. The van der Waals surface area contributed by atoms with Crippen molar-refractivity contribution in [3.8, 4) is 11.3 Å². The third kappa shape index (κ3) is 5.76. The van der Waals surface area contributed by atoms with Gasteiger partial charge in [-0.2, -0.15) is 0 Å². The highest BCUT2D eigenvalue weighted by Crippen LogP contribution is 2.21. The lowest BCUT2D eigenvalue weighted by Gasteiger charge is -2.19. The molecule has 1 aromatic carbocycles. The summed E-state index contributed by atoms with van der Waals surface area (Å²) in [6.07, 6.45) is 0.901. The lowest BCUT2D eigenvalue weighted by molar-refractivity contribution is 0.458. The van der Waals surface area contributed by atoms with Gasteiger partial charge in [0.25, 0.3) is 0 Å². The molecule has 2 aromatic rings. The number of nitrogens with zero attached hydrogens (tertiary/aromatic N) is 3. The fourth-order valence-electron chi connectivity index (χ4n) is 2.29. The van der Waals surface area contributed by atoms with Gasteiger partial charge < -0.3 is 10.6 Å². The summed E-state index contributed by atoms with van der Waals surface area (Å²) in [7, 11) is 0. The number of guanidine groups is 1. The maximum atomic E-state index is 5.97. The summed E-state index contributed by atoms with van der Waals surface area (Å²) in [5.41, 5.74) is 9.46. The number of nitrogens with two attached hydrogens (primary N) is 1. The summed E-state index contributed by atoms with van der Waals surface area (Å²) in [5, 5.41) is 3.19. The Bertz CT molecular complexity index is 618. The second-order valence-electron chi connectivity index (χ2n) is 5.11. The molecule has 23 heavy (non-hydrogen) atoms. The zero-order valence-corrected chi connectivity index (χ0v) is 17.1. The molecule has 4 nitrogen and oxygen atoms in total. The molecule has 0 aliphatic rings. The van der Waals surface area contributed by atoms with Gasteiger partial charge in [0.2, 0.25) is 0 Å². The fraction of sp³-hybridized carbons (Fsp3) is 0.412. The van der Waals surface area contributed by atoms with Gasteiger partial charge in [-0.25, -0.2) is 4.98 Å². The summed E-state index contributed by atoms with van der Waals surface area (Å²) in [5.74, 6) is 0.638. The quantitative estimate of drug-likeness (QED) is 0.417. The average Bonchev–Trinajstić information content (AvgIpc) is 2.96. The SMILES string of the molecule is CCN(CC)C(N)=NCCc1ccc(-c2csc(C)n2)cc1.I. The van der Waals surface area contributed by atoms with Crippen molar-refractivity contribution in [1.29, 1.82) is 0 Å². The van der Waals surface area contributed by atoms with Gasteiger partial charge >= 0.3 is 0 Å². The van der Waals surface area contributed by atoms with Crippen LogP contribution in [0.2, 0.25) is 0 Å². The van der Waals surface area contributed by atoms with Gasteiger partial charge in [0.05, 0.1) is 10.7 Å². The van der Waals surface area contributed by atoms with E-state index < -0.39 is 0 Å². The van der Waals surface area contributed by atoms with Crippen molar-refractivity contribution >= 4 is 41.3 Å². The van der Waals surface area contributed by atoms with Crippen LogP contribution < -0.4 is 5.73 Å². The first-order chi connectivity index (χ1) is 10.6. The number of aryl methyl sites for hydroxylation is 1. The molecule has 0 radical (unpaired) electrons. The standard InChI is InChI=1S/C17H24N4S.HI/c1-4-21(5-2)17(18)19-11-10-14-6-8-15(9-7-14)16-12-22-13(3)20-16;/h6-9,12H,4-5,10-11H2,1-3H3,(H2,18,19);1H. The van der Waals surface area contributed by atoms with Crippen LogP contribution in [0.5, 0.6) is 0 Å². The van der Waals surface area contributed by atoms with Crippen molar-refractivity contribution in [3.63, 3.8) is 0 Å². The minimum absolute atomic E-state index is 0. The van der Waals surface area contributed by atoms with Crippen LogP contribution in [0.4, 0.5) is 0 Å². The van der Waals surface area contributed by atoms with E-state index in [9.17, 15) is 0 Å². The number of benzene rings is 1. The molecule has 0 atom stereocenters. The molecule has 2 rings (SSSR count). The molecule has 0 aliphatic heterocycles. The lowest BCUT2D eigenvalue weighted by Crippen LogP contribution is -2.37. The molecule has 0 saturated carbocycles. The third-order valence-corrected chi connectivity index (χ3v) is 4.40. The van der Waals surface area contributed by atoms with E-state index in [1.54, 1.807) is 11.3 Å². The Morgan fingerprint density at radius 3 is 2.39 bits per heavy atom. The second kappa shape index (κ2) is 9.87. The predicted octanol–water partition coefficient (Wildman–Crippen LogP) is 3.94. The molecule has 0 saturated heterocycles. The summed E-state index contributed by atoms with van der Waals surface area (Å²) >= 11 is 1.68. The van der Waals surface area contributed by atoms with E-state index in [4.69, 9.17) is 5.73 Å². The molecule has 0 fully saturated rings. The van der Waals surface area contributed by atoms with Crippen LogP contribution in [-0.2, 0) is 6.42 Å². The van der Waals surface area contributed by atoms with Crippen LogP contribution in [-0.4, -0.2) is 35.5 Å². The zero-order chi connectivity index (χ0) is 15.9. The molecule has 0 spiro atoms. The van der Waals surface area contributed by atoms with Crippen LogP contribution in [0, 0.1) is 6.92 Å². The Morgan fingerprint density at radius 2 is 1.87 bits per heavy atom. The van der Waals surface area contributed by atoms with E-state index in [-0.39, 0.29) is 24.0 Å². The van der Waals surface area contributed by atoms with Gasteiger partial charge in [-0.3, -0.25) is 4.99 Å². The number of rotatable bonds is 6. The number of thiazole rings is 1. The number of hydrogen-bond donors (Lipinski definition) is 1. The largest absolute Gasteiger partial charge is 0.370 e. The molecule has 0 aliphatic carbocycles. The van der Waals surface area contributed by atoms with Crippen molar-refractivity contribution < 1.29 is 0 Å². The number of hydrogen-bond acceptors (Lipinski definition) is 3. The van der Waals surface area contributed by atoms with Crippen LogP contribution in [0.1, 0.15) is 24.4 Å². The highest BCUT2D eigenvalue weighted by molar-refractivity contribution is 14.0. The van der Waals surface area contributed by atoms with Gasteiger partial charge in [0, 0.05) is 30.6 Å². The van der Waals surface area contributed by atoms with Crippen molar-refractivity contribution in [3.05, 3.63) is 40.2 Å². The summed E-state index contributed by atoms with van der Waals surface area (Å²) in [6, 6.07) is 8.54. The Kier molecular flexibility index (Phi) is 8.54. The predicted molar refractivity (Wildman–Crippen MR) is 111 cm³/mol. The maximum absolute atomic E-state index is 5.97. The van der Waals surface area contributed by atoms with E-state index in [1.807, 2.05) is 6.92 Å². The molecule has 0 bridgehead atoms. The average molecular weight is 444 g/mol. The normalized spacial score (nSPS) is 11.2. The Labute approximate surface area is 159 Å². The van der Waals surface area contributed by atoms with Gasteiger partial charge in [-0.1, -0.05) is 24.3 Å². The highest BCUT2D eigenvalue weighted by atomic mass is 127. The highest BCUT2D eigenvalue weighted by Gasteiger charge is 2.03. The molecular weight excluding hydrogens is 419 g/mol. The maximum Gasteiger partial charge on any atom is 0.191 e. The molecule has 6 heteroatoms. The van der Waals surface area contributed by atoms with E-state index in [2.05, 4.69) is 58.4 Å². The monoisotopic (exact) mass is 444 g/mol. The third-order valence-electron chi connectivity index (χ3n) is 3.63. The number of halogens is 1. The van der Waals surface area contributed by atoms with Crippen LogP contribution >= 0.6 is 35.3 Å². The smallest absolute Gasteiger partial charge is 0.191 e. The number of aromatic nitrogens is 1. The van der Waals surface area contributed by atoms with Gasteiger partial charge in [-0.05, 0) is 32.8 Å². The molecule has 1 heterocycles. The van der Waals surface area contributed by atoms with Gasteiger partial charge in [0.15, 0.2) is 5.96 Å².